The normalized spacial score (nSPS) is 23.3. The minimum atomic E-state index is 0.545. The molecule has 0 saturated carbocycles. The van der Waals surface area contributed by atoms with Crippen molar-refractivity contribution in [2.45, 2.75) is 32.7 Å². The third-order valence-electron chi connectivity index (χ3n) is 2.59. The number of aryl methyl sites for hydroxylation is 2. The Hall–Kier alpha value is -0.830. The van der Waals surface area contributed by atoms with Gasteiger partial charge in [0.15, 0.2) is 0 Å². The average molecular weight is 165 g/mol. The molecule has 1 saturated heterocycles. The van der Waals surface area contributed by atoms with Crippen LogP contribution in [0.3, 0.4) is 0 Å². The van der Waals surface area contributed by atoms with Gasteiger partial charge < -0.3 is 5.32 Å². The van der Waals surface area contributed by atoms with E-state index in [4.69, 9.17) is 0 Å². The van der Waals surface area contributed by atoms with E-state index in [1.807, 2.05) is 0 Å². The molecule has 1 aliphatic heterocycles. The molecule has 1 aromatic rings. The summed E-state index contributed by atoms with van der Waals surface area (Å²) in [5, 5.41) is 10.7. The summed E-state index contributed by atoms with van der Waals surface area (Å²) in [6.45, 7) is 5.31. The first-order valence-electron chi connectivity index (χ1n) is 4.54. The molecule has 1 aromatic heterocycles. The van der Waals surface area contributed by atoms with Gasteiger partial charge in [0.1, 0.15) is 0 Å². The molecule has 0 unspecified atom stereocenters. The molecule has 2 rings (SSSR count). The van der Waals surface area contributed by atoms with Crippen molar-refractivity contribution >= 4 is 0 Å². The summed E-state index contributed by atoms with van der Waals surface area (Å²) >= 11 is 0. The first-order valence-corrected chi connectivity index (χ1v) is 4.54. The lowest BCUT2D eigenvalue weighted by Gasteiger charge is -2.09. The van der Waals surface area contributed by atoms with Crippen molar-refractivity contribution in [3.63, 3.8) is 0 Å². The van der Waals surface area contributed by atoms with E-state index in [2.05, 4.69) is 29.4 Å². The molecule has 3 nitrogen and oxygen atoms in total. The van der Waals surface area contributed by atoms with E-state index >= 15 is 0 Å². The Morgan fingerprint density at radius 2 is 2.25 bits per heavy atom. The van der Waals surface area contributed by atoms with Crippen molar-refractivity contribution in [1.29, 1.82) is 0 Å². The molecule has 0 amide bonds. The van der Waals surface area contributed by atoms with Crippen LogP contribution in [0.4, 0.5) is 0 Å². The maximum Gasteiger partial charge on any atom is 0.0641 e. The molecule has 3 heteroatoms. The molecule has 2 heterocycles. The van der Waals surface area contributed by atoms with Gasteiger partial charge in [-0.3, -0.25) is 5.10 Å². The van der Waals surface area contributed by atoms with Crippen LogP contribution in [-0.2, 0) is 0 Å². The van der Waals surface area contributed by atoms with Crippen LogP contribution >= 0.6 is 0 Å². The van der Waals surface area contributed by atoms with Crippen molar-refractivity contribution in [2.75, 3.05) is 6.54 Å². The van der Waals surface area contributed by atoms with Gasteiger partial charge in [0, 0.05) is 17.3 Å². The second kappa shape index (κ2) is 2.90. The van der Waals surface area contributed by atoms with E-state index in [1.54, 1.807) is 0 Å². The Labute approximate surface area is 72.6 Å². The zero-order valence-corrected chi connectivity index (χ0v) is 7.65. The van der Waals surface area contributed by atoms with Gasteiger partial charge >= 0.3 is 0 Å². The molecule has 0 aromatic carbocycles. The number of hydrogen-bond acceptors (Lipinski definition) is 2. The molecule has 0 spiro atoms. The summed E-state index contributed by atoms with van der Waals surface area (Å²) in [7, 11) is 0. The third kappa shape index (κ3) is 1.14. The molecule has 1 atom stereocenters. The van der Waals surface area contributed by atoms with Gasteiger partial charge in [-0.1, -0.05) is 0 Å². The number of aromatic nitrogens is 2. The summed E-state index contributed by atoms with van der Waals surface area (Å²) in [6.07, 6.45) is 2.54. The summed E-state index contributed by atoms with van der Waals surface area (Å²) in [5.74, 6) is 0. The largest absolute Gasteiger partial charge is 0.310 e. The predicted molar refractivity (Wildman–Crippen MR) is 48.0 cm³/mol. The first kappa shape index (κ1) is 7.80. The monoisotopic (exact) mass is 165 g/mol. The molecular weight excluding hydrogens is 150 g/mol. The van der Waals surface area contributed by atoms with Gasteiger partial charge in [-0.25, -0.2) is 0 Å². The van der Waals surface area contributed by atoms with Gasteiger partial charge in [-0.05, 0) is 33.2 Å². The lowest BCUT2D eigenvalue weighted by Crippen LogP contribution is -2.14. The summed E-state index contributed by atoms with van der Waals surface area (Å²) in [6, 6.07) is 0.545. The standard InChI is InChI=1S/C9H15N3/c1-6-9(7(2)12-11-6)8-4-3-5-10-8/h8,10H,3-5H2,1-2H3,(H,11,12)/t8-/m0/s1. The fraction of sp³-hybridized carbons (Fsp3) is 0.667. The van der Waals surface area contributed by atoms with Crippen molar-refractivity contribution in [1.82, 2.24) is 15.5 Å². The van der Waals surface area contributed by atoms with Crippen molar-refractivity contribution in [3.8, 4) is 0 Å². The molecular formula is C9H15N3. The highest BCUT2D eigenvalue weighted by Gasteiger charge is 2.21. The highest BCUT2D eigenvalue weighted by Crippen LogP contribution is 2.26. The smallest absolute Gasteiger partial charge is 0.0641 e. The van der Waals surface area contributed by atoms with Crippen LogP contribution in [0.5, 0.6) is 0 Å². The Morgan fingerprint density at radius 1 is 1.42 bits per heavy atom. The zero-order valence-electron chi connectivity index (χ0n) is 7.65. The van der Waals surface area contributed by atoms with Crippen LogP contribution in [0.1, 0.15) is 35.8 Å². The van der Waals surface area contributed by atoms with E-state index in [9.17, 15) is 0 Å². The molecule has 2 N–H and O–H groups in total. The van der Waals surface area contributed by atoms with Crippen LogP contribution in [0, 0.1) is 13.8 Å². The van der Waals surface area contributed by atoms with Crippen molar-refractivity contribution in [2.24, 2.45) is 0 Å². The molecule has 1 fully saturated rings. The van der Waals surface area contributed by atoms with Gasteiger partial charge in [-0.2, -0.15) is 5.10 Å². The highest BCUT2D eigenvalue weighted by molar-refractivity contribution is 5.27. The Bertz CT molecular complexity index is 252. The molecule has 0 aliphatic carbocycles. The molecule has 0 radical (unpaired) electrons. The van der Waals surface area contributed by atoms with Gasteiger partial charge in [-0.15, -0.1) is 0 Å². The summed E-state index contributed by atoms with van der Waals surface area (Å²) in [4.78, 5) is 0. The maximum absolute atomic E-state index is 4.20. The highest BCUT2D eigenvalue weighted by atomic mass is 15.1. The molecule has 1 aliphatic rings. The SMILES string of the molecule is Cc1n[nH]c(C)c1[C@@H]1CCCN1. The van der Waals surface area contributed by atoms with E-state index in [0.29, 0.717) is 6.04 Å². The fourth-order valence-corrected chi connectivity index (χ4v) is 2.00. The summed E-state index contributed by atoms with van der Waals surface area (Å²) < 4.78 is 0. The van der Waals surface area contributed by atoms with Crippen LogP contribution in [0.25, 0.3) is 0 Å². The maximum atomic E-state index is 4.20. The van der Waals surface area contributed by atoms with Gasteiger partial charge in [0.05, 0.1) is 5.69 Å². The lowest BCUT2D eigenvalue weighted by molar-refractivity contribution is 0.640. The van der Waals surface area contributed by atoms with Gasteiger partial charge in [0.2, 0.25) is 0 Å². The quantitative estimate of drug-likeness (QED) is 0.661. The van der Waals surface area contributed by atoms with Crippen LogP contribution in [-0.4, -0.2) is 16.7 Å². The van der Waals surface area contributed by atoms with E-state index in [1.165, 1.54) is 24.1 Å². The van der Waals surface area contributed by atoms with Crippen LogP contribution in [0.15, 0.2) is 0 Å². The molecule has 66 valence electrons. The number of nitrogens with one attached hydrogen (secondary N) is 2. The van der Waals surface area contributed by atoms with E-state index in [0.717, 1.165) is 12.2 Å². The lowest BCUT2D eigenvalue weighted by atomic mass is 10.0. The van der Waals surface area contributed by atoms with E-state index in [-0.39, 0.29) is 0 Å². The zero-order chi connectivity index (χ0) is 8.55. The van der Waals surface area contributed by atoms with Crippen molar-refractivity contribution < 1.29 is 0 Å². The predicted octanol–water partition coefficient (Wildman–Crippen LogP) is 1.45. The number of H-pyrrole nitrogens is 1. The Morgan fingerprint density at radius 3 is 2.75 bits per heavy atom. The third-order valence-corrected chi connectivity index (χ3v) is 2.59. The Balaban J connectivity index is 2.30. The second-order valence-corrected chi connectivity index (χ2v) is 3.50. The van der Waals surface area contributed by atoms with Crippen molar-refractivity contribution in [3.05, 3.63) is 17.0 Å². The first-order chi connectivity index (χ1) is 5.79. The van der Waals surface area contributed by atoms with Crippen LogP contribution in [0.2, 0.25) is 0 Å². The second-order valence-electron chi connectivity index (χ2n) is 3.50. The minimum absolute atomic E-state index is 0.545. The number of hydrogen-bond donors (Lipinski definition) is 2. The van der Waals surface area contributed by atoms with Gasteiger partial charge in [0.25, 0.3) is 0 Å². The number of aromatic amines is 1. The minimum Gasteiger partial charge on any atom is -0.310 e. The topological polar surface area (TPSA) is 40.7 Å². The Kier molecular flexibility index (Phi) is 1.89. The number of nitrogens with zero attached hydrogens (tertiary/aromatic N) is 1. The van der Waals surface area contributed by atoms with E-state index < -0.39 is 0 Å². The molecule has 12 heavy (non-hydrogen) atoms. The summed E-state index contributed by atoms with van der Waals surface area (Å²) in [5.41, 5.74) is 3.74. The fourth-order valence-electron chi connectivity index (χ4n) is 2.00. The molecule has 0 bridgehead atoms. The average Bonchev–Trinajstić information content (AvgIpc) is 2.61. The number of rotatable bonds is 1. The van der Waals surface area contributed by atoms with Crippen LogP contribution < -0.4 is 5.32 Å².